The first kappa shape index (κ1) is 25.3. The standard InChI is InChI=1S/C20H28BrNO6S/c1-19(2,3)27-17(24)22(18(25)28-20(4,5)6)15(16(23)26-7)12-29-14-10-8-13(21)9-11-14/h8-11,15H,12H2,1-7H3. The Bertz CT molecular complexity index is 696. The van der Waals surface area contributed by atoms with E-state index in [1.807, 2.05) is 24.3 Å². The highest BCUT2D eigenvalue weighted by Gasteiger charge is 2.41. The zero-order valence-corrected chi connectivity index (χ0v) is 20.2. The van der Waals surface area contributed by atoms with Gasteiger partial charge in [0.2, 0.25) is 0 Å². The molecular weight excluding hydrogens is 462 g/mol. The molecule has 9 heteroatoms. The van der Waals surface area contributed by atoms with Gasteiger partial charge in [0.15, 0.2) is 6.04 Å². The molecule has 1 atom stereocenters. The molecule has 0 spiro atoms. The number of carbonyl (C=O) groups is 3. The zero-order chi connectivity index (χ0) is 22.4. The van der Waals surface area contributed by atoms with Crippen molar-refractivity contribution in [2.24, 2.45) is 0 Å². The lowest BCUT2D eigenvalue weighted by Crippen LogP contribution is -2.53. The summed E-state index contributed by atoms with van der Waals surface area (Å²) >= 11 is 4.66. The minimum absolute atomic E-state index is 0.0762. The predicted molar refractivity (Wildman–Crippen MR) is 115 cm³/mol. The van der Waals surface area contributed by atoms with E-state index in [0.29, 0.717) is 4.90 Å². The number of carbonyl (C=O) groups excluding carboxylic acids is 3. The van der Waals surface area contributed by atoms with Gasteiger partial charge < -0.3 is 14.2 Å². The highest BCUT2D eigenvalue weighted by atomic mass is 79.9. The number of imide groups is 1. The summed E-state index contributed by atoms with van der Waals surface area (Å²) in [6.07, 6.45) is -1.95. The maximum atomic E-state index is 12.8. The maximum Gasteiger partial charge on any atom is 0.420 e. The van der Waals surface area contributed by atoms with Crippen molar-refractivity contribution in [1.29, 1.82) is 0 Å². The molecule has 0 aliphatic rings. The molecule has 0 heterocycles. The van der Waals surface area contributed by atoms with Crippen molar-refractivity contribution in [3.63, 3.8) is 0 Å². The number of hydrogen-bond acceptors (Lipinski definition) is 7. The minimum Gasteiger partial charge on any atom is -0.467 e. The topological polar surface area (TPSA) is 82.1 Å². The van der Waals surface area contributed by atoms with Gasteiger partial charge in [-0.25, -0.2) is 14.4 Å². The first-order valence-electron chi connectivity index (χ1n) is 8.95. The van der Waals surface area contributed by atoms with Gasteiger partial charge in [0.25, 0.3) is 0 Å². The van der Waals surface area contributed by atoms with Crippen LogP contribution in [-0.2, 0) is 19.0 Å². The number of ether oxygens (including phenoxy) is 3. The van der Waals surface area contributed by atoms with Crippen molar-refractivity contribution in [1.82, 2.24) is 4.90 Å². The molecule has 1 aromatic rings. The zero-order valence-electron chi connectivity index (χ0n) is 17.8. The van der Waals surface area contributed by atoms with E-state index in [4.69, 9.17) is 14.2 Å². The number of esters is 1. The van der Waals surface area contributed by atoms with Crippen LogP contribution in [0.1, 0.15) is 41.5 Å². The third-order valence-corrected chi connectivity index (χ3v) is 4.80. The summed E-state index contributed by atoms with van der Waals surface area (Å²) in [5.74, 6) is -0.668. The molecule has 2 amide bonds. The first-order chi connectivity index (χ1) is 13.2. The SMILES string of the molecule is COC(=O)C(CSc1ccc(Br)cc1)N(C(=O)OC(C)(C)C)C(=O)OC(C)(C)C. The third-order valence-electron chi connectivity index (χ3n) is 3.19. The van der Waals surface area contributed by atoms with Gasteiger partial charge in [-0.05, 0) is 65.8 Å². The monoisotopic (exact) mass is 489 g/mol. The summed E-state index contributed by atoms with van der Waals surface area (Å²) < 4.78 is 16.4. The number of rotatable bonds is 5. The Balaban J connectivity index is 3.19. The smallest absolute Gasteiger partial charge is 0.420 e. The number of amides is 2. The van der Waals surface area contributed by atoms with Gasteiger partial charge in [0.05, 0.1) is 7.11 Å². The molecule has 0 saturated carbocycles. The molecule has 0 radical (unpaired) electrons. The van der Waals surface area contributed by atoms with Crippen molar-refractivity contribution < 1.29 is 28.6 Å². The Morgan fingerprint density at radius 1 is 0.966 bits per heavy atom. The quantitative estimate of drug-likeness (QED) is 0.317. The lowest BCUT2D eigenvalue weighted by Gasteiger charge is -2.32. The lowest BCUT2D eigenvalue weighted by molar-refractivity contribution is -0.145. The Kier molecular flexibility index (Phi) is 9.02. The normalized spacial score (nSPS) is 12.7. The maximum absolute atomic E-state index is 12.8. The molecule has 0 N–H and O–H groups in total. The Labute approximate surface area is 184 Å². The van der Waals surface area contributed by atoms with Crippen molar-refractivity contribution in [3.05, 3.63) is 28.7 Å². The van der Waals surface area contributed by atoms with E-state index in [1.54, 1.807) is 41.5 Å². The van der Waals surface area contributed by atoms with E-state index >= 15 is 0 Å². The average Bonchev–Trinajstić information content (AvgIpc) is 2.55. The molecule has 0 bridgehead atoms. The number of methoxy groups -OCH3 is 1. The summed E-state index contributed by atoms with van der Waals surface area (Å²) in [5.41, 5.74) is -1.73. The number of halogens is 1. The van der Waals surface area contributed by atoms with Crippen molar-refractivity contribution in [3.8, 4) is 0 Å². The summed E-state index contributed by atoms with van der Waals surface area (Å²) in [5, 5.41) is 0. The molecule has 162 valence electrons. The molecule has 0 aliphatic heterocycles. The Morgan fingerprint density at radius 3 is 1.79 bits per heavy atom. The molecule has 0 fully saturated rings. The molecule has 7 nitrogen and oxygen atoms in total. The molecule has 0 saturated heterocycles. The summed E-state index contributed by atoms with van der Waals surface area (Å²) in [4.78, 5) is 39.6. The second-order valence-corrected chi connectivity index (χ2v) is 10.1. The van der Waals surface area contributed by atoms with Crippen LogP contribution in [-0.4, -0.2) is 53.2 Å². The predicted octanol–water partition coefficient (Wildman–Crippen LogP) is 5.26. The molecular formula is C20H28BrNO6S. The van der Waals surface area contributed by atoms with E-state index < -0.39 is 35.4 Å². The van der Waals surface area contributed by atoms with Gasteiger partial charge in [-0.3, -0.25) is 0 Å². The van der Waals surface area contributed by atoms with Gasteiger partial charge in [0.1, 0.15) is 11.2 Å². The number of benzene rings is 1. The fraction of sp³-hybridized carbons (Fsp3) is 0.550. The fourth-order valence-electron chi connectivity index (χ4n) is 2.04. The second-order valence-electron chi connectivity index (χ2n) is 8.13. The second kappa shape index (κ2) is 10.3. The van der Waals surface area contributed by atoms with E-state index in [2.05, 4.69) is 15.9 Å². The summed E-state index contributed by atoms with van der Waals surface area (Å²) in [7, 11) is 1.20. The lowest BCUT2D eigenvalue weighted by atomic mass is 10.2. The van der Waals surface area contributed by atoms with Crippen LogP contribution in [0.15, 0.2) is 33.6 Å². The van der Waals surface area contributed by atoms with E-state index in [0.717, 1.165) is 9.37 Å². The van der Waals surface area contributed by atoms with Crippen LogP contribution in [0.4, 0.5) is 9.59 Å². The summed E-state index contributed by atoms with van der Waals surface area (Å²) in [6.45, 7) is 10.0. The van der Waals surface area contributed by atoms with Crippen molar-refractivity contribution >= 4 is 45.8 Å². The van der Waals surface area contributed by atoms with Gasteiger partial charge in [0, 0.05) is 15.1 Å². The van der Waals surface area contributed by atoms with Gasteiger partial charge in [-0.15, -0.1) is 11.8 Å². The van der Waals surface area contributed by atoms with Crippen LogP contribution in [0.2, 0.25) is 0 Å². The Hall–Kier alpha value is -1.74. The van der Waals surface area contributed by atoms with Crippen LogP contribution < -0.4 is 0 Å². The molecule has 0 aromatic heterocycles. The largest absolute Gasteiger partial charge is 0.467 e. The van der Waals surface area contributed by atoms with E-state index in [1.165, 1.54) is 18.9 Å². The van der Waals surface area contributed by atoms with Crippen LogP contribution >= 0.6 is 27.7 Å². The number of thioether (sulfide) groups is 1. The molecule has 0 aliphatic carbocycles. The van der Waals surface area contributed by atoms with Gasteiger partial charge in [-0.1, -0.05) is 15.9 Å². The molecule has 1 aromatic carbocycles. The highest BCUT2D eigenvalue weighted by molar-refractivity contribution is 9.10. The first-order valence-corrected chi connectivity index (χ1v) is 10.7. The highest BCUT2D eigenvalue weighted by Crippen LogP contribution is 2.25. The summed E-state index contributed by atoms with van der Waals surface area (Å²) in [6, 6.07) is 6.20. The van der Waals surface area contributed by atoms with Crippen LogP contribution in [0, 0.1) is 0 Å². The molecule has 29 heavy (non-hydrogen) atoms. The van der Waals surface area contributed by atoms with Crippen LogP contribution in [0.3, 0.4) is 0 Å². The number of hydrogen-bond donors (Lipinski definition) is 0. The van der Waals surface area contributed by atoms with Crippen LogP contribution in [0.25, 0.3) is 0 Å². The van der Waals surface area contributed by atoms with E-state index in [-0.39, 0.29) is 5.75 Å². The van der Waals surface area contributed by atoms with E-state index in [9.17, 15) is 14.4 Å². The third kappa shape index (κ3) is 9.08. The fourth-order valence-corrected chi connectivity index (χ4v) is 3.27. The minimum atomic E-state index is -1.22. The number of nitrogens with zero attached hydrogens (tertiary/aromatic N) is 1. The molecule has 1 unspecified atom stereocenters. The van der Waals surface area contributed by atoms with Crippen molar-refractivity contribution in [2.75, 3.05) is 12.9 Å². The van der Waals surface area contributed by atoms with Crippen molar-refractivity contribution in [2.45, 2.75) is 63.7 Å². The van der Waals surface area contributed by atoms with Crippen LogP contribution in [0.5, 0.6) is 0 Å². The average molecular weight is 490 g/mol. The Morgan fingerprint density at radius 2 is 1.41 bits per heavy atom. The van der Waals surface area contributed by atoms with Gasteiger partial charge in [-0.2, -0.15) is 4.90 Å². The van der Waals surface area contributed by atoms with Gasteiger partial charge >= 0.3 is 18.2 Å². The molecule has 1 rings (SSSR count).